The first-order chi connectivity index (χ1) is 9.47. The van der Waals surface area contributed by atoms with Gasteiger partial charge in [0.25, 0.3) is 0 Å². The fourth-order valence-corrected chi connectivity index (χ4v) is 2.49. The first kappa shape index (κ1) is 16.3. The molecule has 1 saturated heterocycles. The molecule has 0 saturated carbocycles. The van der Waals surface area contributed by atoms with E-state index >= 15 is 0 Å². The predicted octanol–water partition coefficient (Wildman–Crippen LogP) is 1.77. The highest BCUT2D eigenvalue weighted by Crippen LogP contribution is 2.21. The number of urea groups is 1. The monoisotopic (exact) mass is 281 g/mol. The minimum atomic E-state index is -0.771. The molecule has 6 heteroatoms. The Bertz CT molecular complexity index is 384. The van der Waals surface area contributed by atoms with Crippen LogP contribution in [-0.2, 0) is 4.79 Å². The Hall–Kier alpha value is -1.77. The van der Waals surface area contributed by atoms with Crippen LogP contribution in [-0.4, -0.2) is 53.1 Å². The summed E-state index contributed by atoms with van der Waals surface area (Å²) >= 11 is 0. The van der Waals surface area contributed by atoms with Crippen molar-refractivity contribution in [2.75, 3.05) is 26.2 Å². The number of piperidine rings is 1. The number of carboxylic acid groups (broad SMARTS) is 1. The normalized spacial score (nSPS) is 17.4. The number of likely N-dealkylation sites (tertiary alicyclic amines) is 1. The molecule has 6 nitrogen and oxygen atoms in total. The number of nitrogens with zero attached hydrogens (tertiary/aromatic N) is 3. The van der Waals surface area contributed by atoms with E-state index in [1.54, 1.807) is 16.7 Å². The fraction of sp³-hybridized carbons (Fsp3) is 0.786. The van der Waals surface area contributed by atoms with Gasteiger partial charge in [-0.1, -0.05) is 0 Å². The van der Waals surface area contributed by atoms with Crippen molar-refractivity contribution in [1.29, 1.82) is 5.26 Å². The Morgan fingerprint density at radius 1 is 1.45 bits per heavy atom. The van der Waals surface area contributed by atoms with E-state index in [0.717, 1.165) is 12.8 Å². The van der Waals surface area contributed by atoms with Crippen molar-refractivity contribution in [3.8, 4) is 6.07 Å². The Labute approximate surface area is 120 Å². The van der Waals surface area contributed by atoms with E-state index in [2.05, 4.69) is 6.07 Å². The zero-order valence-electron chi connectivity index (χ0n) is 12.2. The number of rotatable bonds is 5. The van der Waals surface area contributed by atoms with Crippen LogP contribution < -0.4 is 0 Å². The fourth-order valence-electron chi connectivity index (χ4n) is 2.49. The molecule has 1 atom stereocenters. The van der Waals surface area contributed by atoms with Crippen molar-refractivity contribution in [2.45, 2.75) is 33.1 Å². The molecule has 20 heavy (non-hydrogen) atoms. The highest BCUT2D eigenvalue weighted by atomic mass is 16.4. The minimum Gasteiger partial charge on any atom is -0.481 e. The number of nitriles is 1. The maximum Gasteiger partial charge on any atom is 0.320 e. The lowest BCUT2D eigenvalue weighted by atomic mass is 9.94. The molecule has 0 aromatic heterocycles. The molecule has 0 radical (unpaired) electrons. The standard InChI is InChI=1S/C14H23N3O3/c1-3-16(10-11(2)9-15)14(20)17-6-4-12(5-7-17)8-13(18)19/h11-12H,3-8,10H2,1-2H3,(H,18,19). The van der Waals surface area contributed by atoms with Crippen LogP contribution in [0.2, 0.25) is 0 Å². The first-order valence-electron chi connectivity index (χ1n) is 7.13. The van der Waals surface area contributed by atoms with Crippen molar-refractivity contribution in [3.05, 3.63) is 0 Å². The Morgan fingerprint density at radius 2 is 2.05 bits per heavy atom. The van der Waals surface area contributed by atoms with Gasteiger partial charge in [0.15, 0.2) is 0 Å². The van der Waals surface area contributed by atoms with Gasteiger partial charge >= 0.3 is 12.0 Å². The van der Waals surface area contributed by atoms with Crippen molar-refractivity contribution in [1.82, 2.24) is 9.80 Å². The molecule has 0 aromatic rings. The molecule has 2 amide bonds. The molecule has 1 aliphatic heterocycles. The third kappa shape index (κ3) is 4.72. The van der Waals surface area contributed by atoms with Gasteiger partial charge in [-0.15, -0.1) is 0 Å². The van der Waals surface area contributed by atoms with Crippen LogP contribution in [0.4, 0.5) is 4.79 Å². The summed E-state index contributed by atoms with van der Waals surface area (Å²) in [5.41, 5.74) is 0. The largest absolute Gasteiger partial charge is 0.481 e. The minimum absolute atomic E-state index is 0.0385. The summed E-state index contributed by atoms with van der Waals surface area (Å²) in [5.74, 6) is -0.777. The maximum absolute atomic E-state index is 12.3. The van der Waals surface area contributed by atoms with E-state index in [1.165, 1.54) is 0 Å². The van der Waals surface area contributed by atoms with E-state index in [-0.39, 0.29) is 24.3 Å². The van der Waals surface area contributed by atoms with Crippen LogP contribution in [0.3, 0.4) is 0 Å². The number of carbonyl (C=O) groups excluding carboxylic acids is 1. The van der Waals surface area contributed by atoms with Crippen LogP contribution in [0.5, 0.6) is 0 Å². The summed E-state index contributed by atoms with van der Waals surface area (Å²) in [7, 11) is 0. The van der Waals surface area contributed by atoms with Gasteiger partial charge in [-0.25, -0.2) is 4.79 Å². The number of carboxylic acids is 1. The summed E-state index contributed by atoms with van der Waals surface area (Å²) in [5, 5.41) is 17.6. The van der Waals surface area contributed by atoms with Crippen molar-refractivity contribution in [3.63, 3.8) is 0 Å². The molecule has 1 fully saturated rings. The number of hydrogen-bond donors (Lipinski definition) is 1. The van der Waals surface area contributed by atoms with E-state index in [1.807, 2.05) is 6.92 Å². The number of carbonyl (C=O) groups is 2. The van der Waals surface area contributed by atoms with Gasteiger partial charge in [-0.2, -0.15) is 5.26 Å². The molecule has 0 aliphatic carbocycles. The highest BCUT2D eigenvalue weighted by Gasteiger charge is 2.27. The Balaban J connectivity index is 2.48. The van der Waals surface area contributed by atoms with Crippen LogP contribution in [0.15, 0.2) is 0 Å². The third-order valence-corrected chi connectivity index (χ3v) is 3.72. The van der Waals surface area contributed by atoms with E-state index in [0.29, 0.717) is 26.2 Å². The molecule has 0 spiro atoms. The van der Waals surface area contributed by atoms with Gasteiger partial charge in [0, 0.05) is 32.6 Å². The number of aliphatic carboxylic acids is 1. The molecule has 0 bridgehead atoms. The summed E-state index contributed by atoms with van der Waals surface area (Å²) < 4.78 is 0. The molecule has 0 aromatic carbocycles. The van der Waals surface area contributed by atoms with Crippen molar-refractivity contribution >= 4 is 12.0 Å². The second-order valence-electron chi connectivity index (χ2n) is 5.38. The molecule has 1 unspecified atom stereocenters. The zero-order chi connectivity index (χ0) is 15.1. The molecule has 1 heterocycles. The summed E-state index contributed by atoms with van der Waals surface area (Å²) in [6.45, 7) is 5.94. The lowest BCUT2D eigenvalue weighted by Crippen LogP contribution is -2.47. The quantitative estimate of drug-likeness (QED) is 0.832. The third-order valence-electron chi connectivity index (χ3n) is 3.72. The summed E-state index contributed by atoms with van der Waals surface area (Å²) in [6.07, 6.45) is 1.66. The van der Waals surface area contributed by atoms with Gasteiger partial charge in [0.1, 0.15) is 0 Å². The van der Waals surface area contributed by atoms with Crippen molar-refractivity contribution in [2.24, 2.45) is 11.8 Å². The lowest BCUT2D eigenvalue weighted by Gasteiger charge is -2.35. The van der Waals surface area contributed by atoms with E-state index < -0.39 is 5.97 Å². The predicted molar refractivity (Wildman–Crippen MR) is 74.0 cm³/mol. The topological polar surface area (TPSA) is 84.6 Å². The molecular formula is C14H23N3O3. The van der Waals surface area contributed by atoms with Crippen LogP contribution >= 0.6 is 0 Å². The van der Waals surface area contributed by atoms with Crippen LogP contribution in [0, 0.1) is 23.2 Å². The van der Waals surface area contributed by atoms with Crippen molar-refractivity contribution < 1.29 is 14.7 Å². The summed E-state index contributed by atoms with van der Waals surface area (Å²) in [4.78, 5) is 26.5. The Kier molecular flexibility index (Phi) is 6.29. The first-order valence-corrected chi connectivity index (χ1v) is 7.13. The van der Waals surface area contributed by atoms with E-state index in [4.69, 9.17) is 10.4 Å². The molecular weight excluding hydrogens is 258 g/mol. The average Bonchev–Trinajstić information content (AvgIpc) is 2.44. The van der Waals surface area contributed by atoms with Crippen LogP contribution in [0.1, 0.15) is 33.1 Å². The lowest BCUT2D eigenvalue weighted by molar-refractivity contribution is -0.138. The molecule has 1 N–H and O–H groups in total. The van der Waals surface area contributed by atoms with E-state index in [9.17, 15) is 9.59 Å². The zero-order valence-corrected chi connectivity index (χ0v) is 12.2. The maximum atomic E-state index is 12.3. The second-order valence-corrected chi connectivity index (χ2v) is 5.38. The van der Waals surface area contributed by atoms with Crippen LogP contribution in [0.25, 0.3) is 0 Å². The average molecular weight is 281 g/mol. The van der Waals surface area contributed by atoms with Gasteiger partial charge in [-0.3, -0.25) is 4.79 Å². The highest BCUT2D eigenvalue weighted by molar-refractivity contribution is 5.74. The van der Waals surface area contributed by atoms with Gasteiger partial charge in [-0.05, 0) is 32.6 Å². The summed E-state index contributed by atoms with van der Waals surface area (Å²) in [6, 6.07) is 2.10. The van der Waals surface area contributed by atoms with Gasteiger partial charge in [0.05, 0.1) is 12.0 Å². The Morgan fingerprint density at radius 3 is 2.50 bits per heavy atom. The smallest absolute Gasteiger partial charge is 0.320 e. The molecule has 1 aliphatic rings. The number of amides is 2. The number of hydrogen-bond acceptors (Lipinski definition) is 3. The van der Waals surface area contributed by atoms with Gasteiger partial charge < -0.3 is 14.9 Å². The molecule has 1 rings (SSSR count). The van der Waals surface area contributed by atoms with Gasteiger partial charge in [0.2, 0.25) is 0 Å². The SMILES string of the molecule is CCN(CC(C)C#N)C(=O)N1CCC(CC(=O)O)CC1. The second kappa shape index (κ2) is 7.73. The molecule has 112 valence electrons.